The Labute approximate surface area is 111 Å². The summed E-state index contributed by atoms with van der Waals surface area (Å²) in [5, 5.41) is 0. The van der Waals surface area contributed by atoms with Gasteiger partial charge in [-0.3, -0.25) is 4.79 Å². The highest BCUT2D eigenvalue weighted by atomic mass is 19.1. The van der Waals surface area contributed by atoms with Crippen LogP contribution in [0.15, 0.2) is 42.6 Å². The third kappa shape index (κ3) is 2.28. The van der Waals surface area contributed by atoms with Gasteiger partial charge in [0.05, 0.1) is 0 Å². The summed E-state index contributed by atoms with van der Waals surface area (Å²) in [5.74, 6) is -0.359. The van der Waals surface area contributed by atoms with E-state index in [0.717, 1.165) is 0 Å². The first-order valence-electron chi connectivity index (χ1n) is 6.51. The average Bonchev–Trinajstić information content (AvgIpc) is 2.37. The number of carbonyl (C=O) groups excluding carboxylic acids is 1. The van der Waals surface area contributed by atoms with Crippen molar-refractivity contribution >= 4 is 5.78 Å². The lowest BCUT2D eigenvalue weighted by Crippen LogP contribution is -2.11. The molecule has 0 bridgehead atoms. The molecule has 1 aromatic carbocycles. The molecule has 3 rings (SSSR count). The Kier molecular flexibility index (Phi) is 3.11. The topological polar surface area (TPSA) is 30.0 Å². The Morgan fingerprint density at radius 1 is 1.21 bits per heavy atom. The molecule has 0 atom stereocenters. The number of pyridine rings is 1. The summed E-state index contributed by atoms with van der Waals surface area (Å²) in [6.45, 7) is 0. The molecule has 2 nitrogen and oxygen atoms in total. The van der Waals surface area contributed by atoms with Crippen molar-refractivity contribution in [1.29, 1.82) is 0 Å². The summed E-state index contributed by atoms with van der Waals surface area (Å²) in [6.07, 6.45) is 5.04. The number of nitrogens with zero attached hydrogens (tertiary/aromatic N) is 1. The number of rotatable bonds is 3. The van der Waals surface area contributed by atoms with E-state index in [0.29, 0.717) is 11.5 Å². The molecule has 0 unspecified atom stereocenters. The maximum absolute atomic E-state index is 13.6. The molecule has 1 aliphatic rings. The second-order valence-corrected chi connectivity index (χ2v) is 4.92. The number of aromatic nitrogens is 1. The minimum Gasteiger partial charge on any atom is -0.287 e. The van der Waals surface area contributed by atoms with Crippen LogP contribution in [0, 0.1) is 5.82 Å². The van der Waals surface area contributed by atoms with Crippen LogP contribution in [0.4, 0.5) is 4.39 Å². The number of carbonyl (C=O) groups is 1. The van der Waals surface area contributed by atoms with Gasteiger partial charge in [0.15, 0.2) is 5.82 Å². The van der Waals surface area contributed by atoms with Crippen molar-refractivity contribution in [2.45, 2.75) is 25.2 Å². The quantitative estimate of drug-likeness (QED) is 0.782. The van der Waals surface area contributed by atoms with Crippen LogP contribution in [0.2, 0.25) is 0 Å². The lowest BCUT2D eigenvalue weighted by Gasteiger charge is -2.26. The van der Waals surface area contributed by atoms with Crippen LogP contribution in [0.1, 0.15) is 46.8 Å². The van der Waals surface area contributed by atoms with Gasteiger partial charge < -0.3 is 0 Å². The van der Waals surface area contributed by atoms with Gasteiger partial charge in [-0.05, 0) is 42.5 Å². The first kappa shape index (κ1) is 12.0. The summed E-state index contributed by atoms with van der Waals surface area (Å²) in [6, 6.07) is 10.2. The van der Waals surface area contributed by atoms with Crippen LogP contribution in [0.5, 0.6) is 0 Å². The SMILES string of the molecule is O=C(c1cccc(C2CCC2)c1)c1ncccc1F. The molecule has 2 aromatic rings. The third-order valence-corrected chi connectivity index (χ3v) is 3.70. The second-order valence-electron chi connectivity index (χ2n) is 4.92. The van der Waals surface area contributed by atoms with Gasteiger partial charge in [0, 0.05) is 11.8 Å². The summed E-state index contributed by atoms with van der Waals surface area (Å²) in [5.41, 5.74) is 1.59. The van der Waals surface area contributed by atoms with Crippen LogP contribution in [-0.2, 0) is 0 Å². The Hall–Kier alpha value is -2.03. The fourth-order valence-corrected chi connectivity index (χ4v) is 2.36. The molecule has 0 aliphatic heterocycles. The molecule has 0 spiro atoms. The Morgan fingerprint density at radius 2 is 2.05 bits per heavy atom. The Bertz CT molecular complexity index is 620. The van der Waals surface area contributed by atoms with Crippen molar-refractivity contribution in [1.82, 2.24) is 4.98 Å². The monoisotopic (exact) mass is 255 g/mol. The van der Waals surface area contributed by atoms with E-state index in [4.69, 9.17) is 0 Å². The van der Waals surface area contributed by atoms with E-state index in [1.165, 1.54) is 43.2 Å². The molecule has 0 radical (unpaired) electrons. The number of hydrogen-bond donors (Lipinski definition) is 0. The molecule has 1 saturated carbocycles. The zero-order chi connectivity index (χ0) is 13.2. The number of halogens is 1. The van der Waals surface area contributed by atoms with Crippen molar-refractivity contribution in [2.75, 3.05) is 0 Å². The lowest BCUT2D eigenvalue weighted by molar-refractivity contribution is 0.103. The second kappa shape index (κ2) is 4.92. The van der Waals surface area contributed by atoms with E-state index < -0.39 is 5.82 Å². The number of ketones is 1. The van der Waals surface area contributed by atoms with Gasteiger partial charge in [0.25, 0.3) is 0 Å². The molecule has 0 N–H and O–H groups in total. The summed E-state index contributed by atoms with van der Waals surface area (Å²) < 4.78 is 13.6. The first-order valence-corrected chi connectivity index (χ1v) is 6.51. The zero-order valence-corrected chi connectivity index (χ0v) is 10.5. The normalized spacial score (nSPS) is 15.0. The number of benzene rings is 1. The lowest BCUT2D eigenvalue weighted by atomic mass is 9.79. The Balaban J connectivity index is 1.93. The van der Waals surface area contributed by atoms with Crippen molar-refractivity contribution in [3.63, 3.8) is 0 Å². The first-order chi connectivity index (χ1) is 9.25. The van der Waals surface area contributed by atoms with Gasteiger partial charge in [-0.25, -0.2) is 9.37 Å². The minimum atomic E-state index is -0.568. The largest absolute Gasteiger partial charge is 0.287 e. The highest BCUT2D eigenvalue weighted by Crippen LogP contribution is 2.36. The smallest absolute Gasteiger partial charge is 0.214 e. The van der Waals surface area contributed by atoms with Gasteiger partial charge in [-0.2, -0.15) is 0 Å². The van der Waals surface area contributed by atoms with E-state index in [2.05, 4.69) is 4.98 Å². The molecule has 3 heteroatoms. The minimum absolute atomic E-state index is 0.103. The fourth-order valence-electron chi connectivity index (χ4n) is 2.36. The van der Waals surface area contributed by atoms with E-state index in [-0.39, 0.29) is 11.5 Å². The van der Waals surface area contributed by atoms with E-state index in [9.17, 15) is 9.18 Å². The highest BCUT2D eigenvalue weighted by molar-refractivity contribution is 6.07. The molecule has 1 heterocycles. The molecular formula is C16H14FNO. The highest BCUT2D eigenvalue weighted by Gasteiger charge is 2.21. The molecule has 1 aliphatic carbocycles. The summed E-state index contributed by atoms with van der Waals surface area (Å²) in [7, 11) is 0. The van der Waals surface area contributed by atoms with Gasteiger partial charge in [0.1, 0.15) is 5.69 Å². The molecule has 96 valence electrons. The standard InChI is InChI=1S/C16H14FNO/c17-14-8-3-9-18-15(14)16(19)13-7-2-6-12(10-13)11-4-1-5-11/h2-3,6-11H,1,4-5H2. The van der Waals surface area contributed by atoms with E-state index in [1.807, 2.05) is 18.2 Å². The van der Waals surface area contributed by atoms with Gasteiger partial charge in [0.2, 0.25) is 5.78 Å². The molecule has 19 heavy (non-hydrogen) atoms. The summed E-state index contributed by atoms with van der Waals surface area (Å²) in [4.78, 5) is 16.1. The van der Waals surface area contributed by atoms with Crippen LogP contribution in [-0.4, -0.2) is 10.8 Å². The molecular weight excluding hydrogens is 241 g/mol. The molecule has 1 aromatic heterocycles. The van der Waals surface area contributed by atoms with Crippen LogP contribution < -0.4 is 0 Å². The Morgan fingerprint density at radius 3 is 2.74 bits per heavy atom. The van der Waals surface area contributed by atoms with Gasteiger partial charge >= 0.3 is 0 Å². The third-order valence-electron chi connectivity index (χ3n) is 3.70. The number of hydrogen-bond acceptors (Lipinski definition) is 2. The molecule has 0 amide bonds. The maximum Gasteiger partial charge on any atom is 0.214 e. The van der Waals surface area contributed by atoms with Crippen LogP contribution in [0.25, 0.3) is 0 Å². The predicted octanol–water partition coefficient (Wildman–Crippen LogP) is 3.72. The van der Waals surface area contributed by atoms with E-state index >= 15 is 0 Å². The van der Waals surface area contributed by atoms with Crippen molar-refractivity contribution in [3.05, 3.63) is 65.2 Å². The van der Waals surface area contributed by atoms with Crippen LogP contribution in [0.3, 0.4) is 0 Å². The molecule has 1 fully saturated rings. The zero-order valence-electron chi connectivity index (χ0n) is 10.5. The van der Waals surface area contributed by atoms with Crippen LogP contribution >= 0.6 is 0 Å². The maximum atomic E-state index is 13.6. The summed E-state index contributed by atoms with van der Waals surface area (Å²) >= 11 is 0. The van der Waals surface area contributed by atoms with Crippen molar-refractivity contribution in [2.24, 2.45) is 0 Å². The van der Waals surface area contributed by atoms with Gasteiger partial charge in [-0.15, -0.1) is 0 Å². The van der Waals surface area contributed by atoms with E-state index in [1.54, 1.807) is 6.07 Å². The average molecular weight is 255 g/mol. The molecule has 0 saturated heterocycles. The predicted molar refractivity (Wildman–Crippen MR) is 70.7 cm³/mol. The van der Waals surface area contributed by atoms with Crippen molar-refractivity contribution in [3.8, 4) is 0 Å². The fraction of sp³-hybridized carbons (Fsp3) is 0.250. The van der Waals surface area contributed by atoms with Crippen molar-refractivity contribution < 1.29 is 9.18 Å². The van der Waals surface area contributed by atoms with Gasteiger partial charge in [-0.1, -0.05) is 24.6 Å².